The number of carboxylic acid groups (broad SMARTS) is 1. The Morgan fingerprint density at radius 3 is 2.44 bits per heavy atom. The average molecular weight is 372 g/mol. The third kappa shape index (κ3) is 3.69. The van der Waals surface area contributed by atoms with Crippen molar-refractivity contribution >= 4 is 22.2 Å². The summed E-state index contributed by atoms with van der Waals surface area (Å²) in [6.45, 7) is 4.69. The first-order valence-electron chi connectivity index (χ1n) is 7.37. The summed E-state index contributed by atoms with van der Waals surface area (Å²) in [6.07, 6.45) is -3.70. The third-order valence-electron chi connectivity index (χ3n) is 3.58. The van der Waals surface area contributed by atoms with Gasteiger partial charge in [-0.2, -0.15) is 0 Å². The fourth-order valence-corrected chi connectivity index (χ4v) is 3.40. The molecule has 0 spiro atoms. The van der Waals surface area contributed by atoms with E-state index in [0.29, 0.717) is 15.4 Å². The van der Waals surface area contributed by atoms with Crippen molar-refractivity contribution in [2.24, 2.45) is 0 Å². The van der Waals surface area contributed by atoms with Gasteiger partial charge >= 0.3 is 12.2 Å². The van der Waals surface area contributed by atoms with Crippen molar-refractivity contribution in [1.82, 2.24) is 9.21 Å². The highest BCUT2D eigenvalue weighted by molar-refractivity contribution is 7.89. The van der Waals surface area contributed by atoms with Crippen LogP contribution in [0.2, 0.25) is 0 Å². The molecule has 0 radical (unpaired) electrons. The Labute approximate surface area is 145 Å². The number of fused-ring (bicyclic) bond motifs is 1. The van der Waals surface area contributed by atoms with Gasteiger partial charge in [-0.15, -0.1) is 0 Å². The molecule has 0 saturated carbocycles. The molecule has 1 aliphatic rings. The number of aliphatic hydroxyl groups excluding tert-OH is 1. The fourth-order valence-electron chi connectivity index (χ4n) is 2.32. The van der Waals surface area contributed by atoms with Gasteiger partial charge in [0, 0.05) is 12.6 Å². The van der Waals surface area contributed by atoms with Gasteiger partial charge in [-0.05, 0) is 38.5 Å². The van der Waals surface area contributed by atoms with Gasteiger partial charge in [0.05, 0.1) is 11.4 Å². The monoisotopic (exact) mass is 372 g/mol. The molecule has 2 amide bonds. The Balaban J connectivity index is 2.32. The van der Waals surface area contributed by atoms with Gasteiger partial charge in [-0.3, -0.25) is 4.90 Å². The van der Waals surface area contributed by atoms with E-state index in [1.807, 2.05) is 0 Å². The number of ether oxygens (including phenoxy) is 1. The minimum Gasteiger partial charge on any atom is -0.465 e. The Hall–Kier alpha value is -2.33. The summed E-state index contributed by atoms with van der Waals surface area (Å²) in [7, 11) is -3.10. The zero-order valence-electron chi connectivity index (χ0n) is 14.3. The number of amides is 2. The number of rotatable bonds is 2. The fraction of sp³-hybridized carbons (Fsp3) is 0.467. The van der Waals surface area contributed by atoms with Gasteiger partial charge in [-0.1, -0.05) is 6.07 Å². The Kier molecular flexibility index (Phi) is 4.71. The summed E-state index contributed by atoms with van der Waals surface area (Å²) in [5.74, 6) is 0. The highest BCUT2D eigenvalue weighted by Crippen LogP contribution is 2.33. The van der Waals surface area contributed by atoms with E-state index in [4.69, 9.17) is 9.84 Å². The molecule has 10 heteroatoms. The van der Waals surface area contributed by atoms with Crippen molar-refractivity contribution in [3.8, 4) is 0 Å². The first kappa shape index (κ1) is 19.0. The molecule has 0 bridgehead atoms. The van der Waals surface area contributed by atoms with Crippen LogP contribution >= 0.6 is 0 Å². The second kappa shape index (κ2) is 6.19. The highest BCUT2D eigenvalue weighted by Gasteiger charge is 2.35. The lowest BCUT2D eigenvalue weighted by Gasteiger charge is -2.24. The van der Waals surface area contributed by atoms with Gasteiger partial charge in [0.1, 0.15) is 5.60 Å². The smallest absolute Gasteiger partial charge is 0.424 e. The standard InChI is InChI=1S/C15H20N2O7S/c1-15(2,3)24-14(21)16(4)25(22,23)10-5-6-11-9(7-10)8-17(12(11)18)13(19)20/h5-7,12,18H,8H2,1-4H3,(H,19,20). The lowest BCUT2D eigenvalue weighted by atomic mass is 10.1. The van der Waals surface area contributed by atoms with Crippen molar-refractivity contribution in [1.29, 1.82) is 0 Å². The summed E-state index contributed by atoms with van der Waals surface area (Å²) in [6, 6.07) is 3.79. The van der Waals surface area contributed by atoms with E-state index in [2.05, 4.69) is 0 Å². The number of sulfonamides is 1. The Bertz CT molecular complexity index is 814. The summed E-state index contributed by atoms with van der Waals surface area (Å²) in [5.41, 5.74) is -0.194. The summed E-state index contributed by atoms with van der Waals surface area (Å²) < 4.78 is 30.7. The molecular formula is C15H20N2O7S. The summed E-state index contributed by atoms with van der Waals surface area (Å²) >= 11 is 0. The van der Waals surface area contributed by atoms with Crippen LogP contribution < -0.4 is 0 Å². The van der Waals surface area contributed by atoms with Crippen molar-refractivity contribution in [2.45, 2.75) is 44.0 Å². The van der Waals surface area contributed by atoms with E-state index >= 15 is 0 Å². The molecule has 0 aliphatic carbocycles. The van der Waals surface area contributed by atoms with E-state index in [1.54, 1.807) is 20.8 Å². The second-order valence-corrected chi connectivity index (χ2v) is 8.57. The molecule has 1 aromatic carbocycles. The minimum absolute atomic E-state index is 0.147. The summed E-state index contributed by atoms with van der Waals surface area (Å²) in [5, 5.41) is 19.0. The SMILES string of the molecule is CN(C(=O)OC(C)(C)C)S(=O)(=O)c1ccc2c(c1)CN(C(=O)O)C2O. The Morgan fingerprint density at radius 2 is 1.92 bits per heavy atom. The van der Waals surface area contributed by atoms with Gasteiger partial charge in [0.2, 0.25) is 0 Å². The van der Waals surface area contributed by atoms with Crippen molar-refractivity contribution in [3.05, 3.63) is 29.3 Å². The van der Waals surface area contributed by atoms with Crippen LogP contribution in [0.3, 0.4) is 0 Å². The van der Waals surface area contributed by atoms with Gasteiger partial charge in [0.15, 0.2) is 6.23 Å². The van der Waals surface area contributed by atoms with Gasteiger partial charge in [-0.25, -0.2) is 22.3 Å². The number of nitrogens with zero attached hydrogens (tertiary/aromatic N) is 2. The van der Waals surface area contributed by atoms with Crippen LogP contribution in [0.15, 0.2) is 23.1 Å². The lowest BCUT2D eigenvalue weighted by molar-refractivity contribution is 0.0209. The highest BCUT2D eigenvalue weighted by atomic mass is 32.2. The molecule has 0 saturated heterocycles. The first-order chi connectivity index (χ1) is 11.3. The van der Waals surface area contributed by atoms with Gasteiger partial charge < -0.3 is 14.9 Å². The van der Waals surface area contributed by atoms with Crippen LogP contribution in [0, 0.1) is 0 Å². The molecule has 1 aliphatic heterocycles. The van der Waals surface area contributed by atoms with Crippen molar-refractivity contribution in [3.63, 3.8) is 0 Å². The largest absolute Gasteiger partial charge is 0.465 e. The molecule has 25 heavy (non-hydrogen) atoms. The van der Waals surface area contributed by atoms with Crippen LogP contribution in [0.25, 0.3) is 0 Å². The number of benzene rings is 1. The molecule has 2 rings (SSSR count). The van der Waals surface area contributed by atoms with Crippen LogP contribution in [0.5, 0.6) is 0 Å². The number of carbonyl (C=O) groups is 2. The van der Waals surface area contributed by atoms with Crippen molar-refractivity contribution < 1.29 is 33.0 Å². The van der Waals surface area contributed by atoms with Crippen LogP contribution in [-0.2, 0) is 21.3 Å². The van der Waals surface area contributed by atoms with E-state index in [1.165, 1.54) is 18.2 Å². The van der Waals surface area contributed by atoms with Crippen LogP contribution in [-0.4, -0.2) is 52.7 Å². The molecule has 1 unspecified atom stereocenters. The molecule has 1 atom stereocenters. The predicted molar refractivity (Wildman–Crippen MR) is 86.2 cm³/mol. The predicted octanol–water partition coefficient (Wildman–Crippen LogP) is 1.73. The minimum atomic E-state index is -4.18. The average Bonchev–Trinajstić information content (AvgIpc) is 2.81. The zero-order valence-corrected chi connectivity index (χ0v) is 15.1. The zero-order chi connectivity index (χ0) is 19.2. The second-order valence-electron chi connectivity index (χ2n) is 6.60. The van der Waals surface area contributed by atoms with E-state index in [0.717, 1.165) is 11.9 Å². The lowest BCUT2D eigenvalue weighted by Crippen LogP contribution is -2.38. The maximum Gasteiger partial charge on any atom is 0.424 e. The molecule has 138 valence electrons. The molecule has 0 aromatic heterocycles. The maximum atomic E-state index is 12.6. The molecular weight excluding hydrogens is 352 g/mol. The van der Waals surface area contributed by atoms with Crippen molar-refractivity contribution in [2.75, 3.05) is 7.05 Å². The first-order valence-corrected chi connectivity index (χ1v) is 8.81. The maximum absolute atomic E-state index is 12.6. The van der Waals surface area contributed by atoms with E-state index in [-0.39, 0.29) is 11.4 Å². The van der Waals surface area contributed by atoms with E-state index < -0.39 is 34.0 Å². The number of aliphatic hydroxyl groups is 1. The normalized spacial score (nSPS) is 17.2. The summed E-state index contributed by atoms with van der Waals surface area (Å²) in [4.78, 5) is 23.7. The number of carbonyl (C=O) groups excluding carboxylic acids is 1. The van der Waals surface area contributed by atoms with Gasteiger partial charge in [0.25, 0.3) is 10.0 Å². The topological polar surface area (TPSA) is 124 Å². The van der Waals surface area contributed by atoms with E-state index in [9.17, 15) is 23.1 Å². The molecule has 9 nitrogen and oxygen atoms in total. The van der Waals surface area contributed by atoms with Crippen LogP contribution in [0.4, 0.5) is 9.59 Å². The Morgan fingerprint density at radius 1 is 1.32 bits per heavy atom. The molecule has 1 aromatic rings. The number of hydrogen-bond donors (Lipinski definition) is 2. The quantitative estimate of drug-likeness (QED) is 0.810. The third-order valence-corrected chi connectivity index (χ3v) is 5.30. The number of hydrogen-bond acceptors (Lipinski definition) is 6. The molecule has 2 N–H and O–H groups in total. The molecule has 0 fully saturated rings. The molecule has 1 heterocycles. The van der Waals surface area contributed by atoms with Crippen LogP contribution in [0.1, 0.15) is 38.1 Å².